The molecule has 1 aliphatic rings. The highest BCUT2D eigenvalue weighted by molar-refractivity contribution is 6.00. The Bertz CT molecular complexity index is 1340. The number of Topliss-reactive ketones (excluding diaryl/α,β-unsaturated/α-hetero) is 1. The topological polar surface area (TPSA) is 140 Å². The Morgan fingerprint density at radius 2 is 1.97 bits per heavy atom. The minimum atomic E-state index is -1.08. The third kappa shape index (κ3) is 3.82. The molecule has 0 aliphatic heterocycles. The van der Waals surface area contributed by atoms with Gasteiger partial charge in [0.1, 0.15) is 5.82 Å². The summed E-state index contributed by atoms with van der Waals surface area (Å²) >= 11 is 0. The van der Waals surface area contributed by atoms with E-state index in [4.69, 9.17) is 10.7 Å². The highest BCUT2D eigenvalue weighted by Crippen LogP contribution is 2.40. The van der Waals surface area contributed by atoms with Crippen molar-refractivity contribution in [2.75, 3.05) is 12.3 Å². The largest absolute Gasteiger partial charge is 0.393 e. The molecule has 0 radical (unpaired) electrons. The number of aliphatic hydroxyl groups excluding tert-OH is 1. The molecule has 34 heavy (non-hydrogen) atoms. The maximum Gasteiger partial charge on any atom is 0.165 e. The zero-order chi connectivity index (χ0) is 23.9. The van der Waals surface area contributed by atoms with Gasteiger partial charge in [0.05, 0.1) is 35.4 Å². The highest BCUT2D eigenvalue weighted by Gasteiger charge is 2.35. The Kier molecular flexibility index (Phi) is 5.59. The molecule has 5 rings (SSSR count). The number of carbonyl (C=O) groups excluding carboxylic acids is 1. The molecule has 4 aromatic heterocycles. The van der Waals surface area contributed by atoms with Crippen LogP contribution in [0, 0.1) is 0 Å². The van der Waals surface area contributed by atoms with Gasteiger partial charge in [0, 0.05) is 41.2 Å². The summed E-state index contributed by atoms with van der Waals surface area (Å²) < 4.78 is 1.50. The summed E-state index contributed by atoms with van der Waals surface area (Å²) in [5.41, 5.74) is 10.2. The number of hydrogen-bond acceptors (Lipinski definition) is 8. The van der Waals surface area contributed by atoms with Gasteiger partial charge in [-0.2, -0.15) is 9.61 Å². The van der Waals surface area contributed by atoms with Gasteiger partial charge in [-0.25, -0.2) is 4.98 Å². The number of hydrogen-bond donors (Lipinski definition) is 3. The zero-order valence-electron chi connectivity index (χ0n) is 18.8. The summed E-state index contributed by atoms with van der Waals surface area (Å²) in [4.78, 5) is 26.1. The molecule has 4 aromatic rings. The van der Waals surface area contributed by atoms with Gasteiger partial charge in [0.25, 0.3) is 0 Å². The average molecular weight is 459 g/mol. The van der Waals surface area contributed by atoms with Crippen LogP contribution >= 0.6 is 0 Å². The standard InChI is InChI=1S/C25H26N6O3/c1-15(33)21-22(16-6-8-25(34,14-32)9-7-16)30-24-19(13-29-31(24)23(21)26)17-4-5-20(28-12-17)18-3-2-10-27-11-18/h2-5,10-13,16,32,34H,6-9,14,26H2,1H3. The van der Waals surface area contributed by atoms with Crippen LogP contribution in [0.5, 0.6) is 0 Å². The van der Waals surface area contributed by atoms with Gasteiger partial charge in [-0.3, -0.25) is 14.8 Å². The first-order valence-electron chi connectivity index (χ1n) is 11.3. The van der Waals surface area contributed by atoms with Crippen molar-refractivity contribution in [3.63, 3.8) is 0 Å². The number of nitrogen functional groups attached to an aromatic ring is 1. The molecule has 0 saturated heterocycles. The molecule has 4 N–H and O–H groups in total. The Morgan fingerprint density at radius 1 is 1.18 bits per heavy atom. The van der Waals surface area contributed by atoms with E-state index in [1.54, 1.807) is 24.8 Å². The van der Waals surface area contributed by atoms with Crippen molar-refractivity contribution in [1.29, 1.82) is 0 Å². The Balaban J connectivity index is 1.57. The van der Waals surface area contributed by atoms with E-state index in [-0.39, 0.29) is 24.1 Å². The van der Waals surface area contributed by atoms with Crippen LogP contribution in [-0.4, -0.2) is 52.8 Å². The van der Waals surface area contributed by atoms with Crippen molar-refractivity contribution in [3.8, 4) is 22.4 Å². The quantitative estimate of drug-likeness (QED) is 0.388. The molecule has 1 aliphatic carbocycles. The summed E-state index contributed by atoms with van der Waals surface area (Å²) in [6.07, 6.45) is 8.99. The van der Waals surface area contributed by atoms with Crippen molar-refractivity contribution >= 4 is 17.2 Å². The molecule has 0 aromatic carbocycles. The number of pyridine rings is 2. The van der Waals surface area contributed by atoms with E-state index in [9.17, 15) is 15.0 Å². The second kappa shape index (κ2) is 8.58. The number of nitrogens with zero attached hydrogens (tertiary/aromatic N) is 5. The first kappa shape index (κ1) is 22.1. The molecular weight excluding hydrogens is 432 g/mol. The lowest BCUT2D eigenvalue weighted by Crippen LogP contribution is -2.37. The fourth-order valence-corrected chi connectivity index (χ4v) is 4.72. The number of fused-ring (bicyclic) bond motifs is 1. The van der Waals surface area contributed by atoms with Gasteiger partial charge in [-0.05, 0) is 50.8 Å². The summed E-state index contributed by atoms with van der Waals surface area (Å²) in [5.74, 6) is 0.0259. The number of nitrogens with two attached hydrogens (primary N) is 1. The molecule has 0 atom stereocenters. The monoisotopic (exact) mass is 458 g/mol. The molecule has 0 unspecified atom stereocenters. The average Bonchev–Trinajstić information content (AvgIpc) is 3.29. The maximum atomic E-state index is 12.5. The molecule has 0 amide bonds. The Morgan fingerprint density at radius 3 is 2.59 bits per heavy atom. The first-order chi connectivity index (χ1) is 16.4. The van der Waals surface area contributed by atoms with E-state index in [0.717, 1.165) is 22.4 Å². The first-order valence-corrected chi connectivity index (χ1v) is 11.3. The van der Waals surface area contributed by atoms with Crippen molar-refractivity contribution in [2.24, 2.45) is 0 Å². The van der Waals surface area contributed by atoms with Gasteiger partial charge in [0.2, 0.25) is 0 Å². The van der Waals surface area contributed by atoms with Crippen LogP contribution in [0.15, 0.2) is 49.1 Å². The second-order valence-corrected chi connectivity index (χ2v) is 8.94. The van der Waals surface area contributed by atoms with E-state index in [2.05, 4.69) is 15.1 Å². The number of aromatic nitrogens is 5. The lowest BCUT2D eigenvalue weighted by atomic mass is 9.77. The summed E-state index contributed by atoms with van der Waals surface area (Å²) in [6, 6.07) is 7.68. The second-order valence-electron chi connectivity index (χ2n) is 8.94. The Labute approximate surface area is 196 Å². The van der Waals surface area contributed by atoms with Gasteiger partial charge in [0.15, 0.2) is 11.4 Å². The van der Waals surface area contributed by atoms with Crippen LogP contribution in [0.3, 0.4) is 0 Å². The summed E-state index contributed by atoms with van der Waals surface area (Å²) in [5, 5.41) is 24.3. The van der Waals surface area contributed by atoms with Gasteiger partial charge in [-0.1, -0.05) is 6.07 Å². The van der Waals surface area contributed by atoms with Crippen molar-refractivity contribution in [2.45, 2.75) is 44.1 Å². The molecule has 9 heteroatoms. The fourth-order valence-electron chi connectivity index (χ4n) is 4.72. The van der Waals surface area contributed by atoms with Crippen molar-refractivity contribution in [1.82, 2.24) is 24.6 Å². The molecular formula is C25H26N6O3. The van der Waals surface area contributed by atoms with Crippen LogP contribution in [0.25, 0.3) is 28.0 Å². The van der Waals surface area contributed by atoms with Gasteiger partial charge >= 0.3 is 0 Å². The van der Waals surface area contributed by atoms with E-state index in [1.807, 2.05) is 24.3 Å². The third-order valence-corrected chi connectivity index (χ3v) is 6.69. The maximum absolute atomic E-state index is 12.5. The van der Waals surface area contributed by atoms with Crippen LogP contribution in [0.4, 0.5) is 5.82 Å². The lowest BCUT2D eigenvalue weighted by molar-refractivity contribution is -0.0458. The highest BCUT2D eigenvalue weighted by atomic mass is 16.3. The summed E-state index contributed by atoms with van der Waals surface area (Å²) in [6.45, 7) is 1.20. The van der Waals surface area contributed by atoms with Crippen LogP contribution in [0.1, 0.15) is 54.6 Å². The normalized spacial score (nSPS) is 20.5. The predicted molar refractivity (Wildman–Crippen MR) is 127 cm³/mol. The minimum Gasteiger partial charge on any atom is -0.393 e. The van der Waals surface area contributed by atoms with E-state index in [0.29, 0.717) is 42.6 Å². The summed E-state index contributed by atoms with van der Waals surface area (Å²) in [7, 11) is 0. The number of rotatable bonds is 5. The minimum absolute atomic E-state index is 0.0492. The molecule has 174 valence electrons. The Hall–Kier alpha value is -3.69. The molecule has 4 heterocycles. The van der Waals surface area contributed by atoms with E-state index >= 15 is 0 Å². The predicted octanol–water partition coefficient (Wildman–Crippen LogP) is 3.02. The molecule has 1 fully saturated rings. The fraction of sp³-hybridized carbons (Fsp3) is 0.320. The van der Waals surface area contributed by atoms with E-state index < -0.39 is 5.60 Å². The number of ketones is 1. The van der Waals surface area contributed by atoms with Crippen molar-refractivity contribution < 1.29 is 15.0 Å². The third-order valence-electron chi connectivity index (χ3n) is 6.69. The molecule has 1 saturated carbocycles. The molecule has 9 nitrogen and oxygen atoms in total. The van der Waals surface area contributed by atoms with Crippen LogP contribution in [-0.2, 0) is 0 Å². The number of carbonyl (C=O) groups is 1. The van der Waals surface area contributed by atoms with Crippen molar-refractivity contribution in [3.05, 3.63) is 60.3 Å². The smallest absolute Gasteiger partial charge is 0.165 e. The van der Waals surface area contributed by atoms with E-state index in [1.165, 1.54) is 11.4 Å². The number of aliphatic hydroxyl groups is 2. The molecule has 0 bridgehead atoms. The van der Waals surface area contributed by atoms with Crippen LogP contribution in [0.2, 0.25) is 0 Å². The SMILES string of the molecule is CC(=O)c1c(C2CCC(O)(CO)CC2)nc2c(-c3ccc(-c4cccnc4)nc3)cnn2c1N. The van der Waals surface area contributed by atoms with Gasteiger partial charge in [-0.15, -0.1) is 0 Å². The molecule has 0 spiro atoms. The van der Waals surface area contributed by atoms with Gasteiger partial charge < -0.3 is 15.9 Å². The van der Waals surface area contributed by atoms with Crippen LogP contribution < -0.4 is 5.73 Å². The lowest BCUT2D eigenvalue weighted by Gasteiger charge is -2.34. The zero-order valence-corrected chi connectivity index (χ0v) is 18.8. The number of anilines is 1.